The summed E-state index contributed by atoms with van der Waals surface area (Å²) in [5.74, 6) is 1.43. The van der Waals surface area contributed by atoms with Crippen molar-refractivity contribution in [2.24, 2.45) is 0 Å². The summed E-state index contributed by atoms with van der Waals surface area (Å²) < 4.78 is 38.6. The van der Waals surface area contributed by atoms with E-state index >= 15 is 0 Å². The third-order valence-corrected chi connectivity index (χ3v) is 6.26. The fourth-order valence-electron chi connectivity index (χ4n) is 3.29. The van der Waals surface area contributed by atoms with Crippen molar-refractivity contribution in [2.75, 3.05) is 14.2 Å². The number of H-pyrrole nitrogens is 1. The molecule has 3 aromatic carbocycles. The Kier molecular flexibility index (Phi) is 5.48. The number of fused-ring (bicyclic) bond motifs is 1. The van der Waals surface area contributed by atoms with Crippen LogP contribution >= 0.6 is 0 Å². The topological polar surface area (TPSA) is 80.4 Å². The maximum atomic E-state index is 12.6. The number of benzene rings is 3. The fourth-order valence-corrected chi connectivity index (χ4v) is 4.33. The number of hydrogen-bond donors (Lipinski definition) is 2. The summed E-state index contributed by atoms with van der Waals surface area (Å²) in [6, 6.07) is 22.4. The number of aromatic amines is 1. The molecule has 0 radical (unpaired) electrons. The van der Waals surface area contributed by atoms with Gasteiger partial charge >= 0.3 is 0 Å². The van der Waals surface area contributed by atoms with Crippen LogP contribution in [-0.4, -0.2) is 27.6 Å². The van der Waals surface area contributed by atoms with Crippen LogP contribution in [0.25, 0.3) is 22.0 Å². The molecule has 0 aliphatic rings. The molecule has 0 saturated heterocycles. The highest BCUT2D eigenvalue weighted by Gasteiger charge is 2.16. The minimum absolute atomic E-state index is 0.156. The summed E-state index contributed by atoms with van der Waals surface area (Å²) in [5, 5.41) is 1.01. The minimum atomic E-state index is -3.64. The molecule has 0 saturated carbocycles. The van der Waals surface area contributed by atoms with E-state index in [1.165, 1.54) is 0 Å². The van der Waals surface area contributed by atoms with Crippen LogP contribution in [0.4, 0.5) is 0 Å². The van der Waals surface area contributed by atoms with Gasteiger partial charge in [0, 0.05) is 29.1 Å². The molecule has 30 heavy (non-hydrogen) atoms. The first kappa shape index (κ1) is 20.0. The van der Waals surface area contributed by atoms with Crippen molar-refractivity contribution in [2.45, 2.75) is 11.6 Å². The van der Waals surface area contributed by atoms with Crippen LogP contribution in [0.3, 0.4) is 0 Å². The number of methoxy groups -OCH3 is 2. The highest BCUT2D eigenvalue weighted by atomic mass is 32.2. The molecule has 6 nitrogen and oxygen atoms in total. The van der Waals surface area contributed by atoms with E-state index in [0.29, 0.717) is 5.75 Å². The molecule has 1 aromatic heterocycles. The maximum absolute atomic E-state index is 12.6. The molecule has 2 N–H and O–H groups in total. The van der Waals surface area contributed by atoms with E-state index in [9.17, 15) is 8.42 Å². The first-order valence-electron chi connectivity index (χ1n) is 9.39. The first-order chi connectivity index (χ1) is 14.5. The summed E-state index contributed by atoms with van der Waals surface area (Å²) >= 11 is 0. The Bertz CT molecular complexity index is 1250. The predicted octanol–water partition coefficient (Wildman–Crippen LogP) is 4.33. The minimum Gasteiger partial charge on any atom is -0.497 e. The number of aromatic nitrogens is 1. The Morgan fingerprint density at radius 1 is 0.900 bits per heavy atom. The van der Waals surface area contributed by atoms with Crippen molar-refractivity contribution in [1.29, 1.82) is 0 Å². The van der Waals surface area contributed by atoms with Gasteiger partial charge in [0.2, 0.25) is 0 Å². The third-order valence-electron chi connectivity index (χ3n) is 4.93. The molecule has 0 atom stereocenters. The van der Waals surface area contributed by atoms with E-state index in [1.807, 2.05) is 66.7 Å². The molecule has 0 aliphatic carbocycles. The van der Waals surface area contributed by atoms with Crippen molar-refractivity contribution in [1.82, 2.24) is 9.71 Å². The molecule has 0 aliphatic heterocycles. The Morgan fingerprint density at radius 3 is 2.37 bits per heavy atom. The average Bonchev–Trinajstić information content (AvgIpc) is 3.23. The Hall–Kier alpha value is -3.29. The Balaban J connectivity index is 1.50. The molecular formula is C23H22N2O4S. The average molecular weight is 423 g/mol. The van der Waals surface area contributed by atoms with Crippen LogP contribution in [0.1, 0.15) is 5.56 Å². The molecule has 0 spiro atoms. The van der Waals surface area contributed by atoms with E-state index in [4.69, 9.17) is 9.47 Å². The lowest BCUT2D eigenvalue weighted by molar-refractivity contribution is 0.395. The Morgan fingerprint density at radius 2 is 1.67 bits per heavy atom. The number of ether oxygens (including phenoxy) is 2. The second-order valence-electron chi connectivity index (χ2n) is 6.81. The molecule has 7 heteroatoms. The van der Waals surface area contributed by atoms with Crippen LogP contribution in [0.5, 0.6) is 11.5 Å². The lowest BCUT2D eigenvalue weighted by atomic mass is 10.0. The first-order valence-corrected chi connectivity index (χ1v) is 10.9. The van der Waals surface area contributed by atoms with Crippen molar-refractivity contribution < 1.29 is 17.9 Å². The van der Waals surface area contributed by atoms with Gasteiger partial charge in [-0.15, -0.1) is 0 Å². The zero-order valence-corrected chi connectivity index (χ0v) is 17.5. The molecule has 0 unspecified atom stereocenters. The van der Waals surface area contributed by atoms with Gasteiger partial charge in [0.25, 0.3) is 10.0 Å². The van der Waals surface area contributed by atoms with Crippen LogP contribution in [-0.2, 0) is 16.6 Å². The molecule has 0 amide bonds. The molecule has 1 heterocycles. The maximum Gasteiger partial charge on any atom is 0.256 e. The van der Waals surface area contributed by atoms with Gasteiger partial charge < -0.3 is 14.5 Å². The van der Waals surface area contributed by atoms with Gasteiger partial charge in [-0.1, -0.05) is 42.5 Å². The monoisotopic (exact) mass is 422 g/mol. The smallest absolute Gasteiger partial charge is 0.256 e. The van der Waals surface area contributed by atoms with Gasteiger partial charge in [-0.2, -0.15) is 0 Å². The Labute approximate surface area is 175 Å². The lowest BCUT2D eigenvalue weighted by Crippen LogP contribution is -2.23. The molecule has 4 aromatic rings. The third kappa shape index (κ3) is 4.03. The summed E-state index contributed by atoms with van der Waals surface area (Å²) in [7, 11) is -0.413. The van der Waals surface area contributed by atoms with E-state index in [1.54, 1.807) is 20.3 Å². The number of sulfonamides is 1. The fraction of sp³-hybridized carbons (Fsp3) is 0.130. The van der Waals surface area contributed by atoms with Crippen LogP contribution < -0.4 is 14.2 Å². The molecule has 4 rings (SSSR count). The van der Waals surface area contributed by atoms with Gasteiger partial charge in [-0.3, -0.25) is 0 Å². The lowest BCUT2D eigenvalue weighted by Gasteiger charge is -2.11. The van der Waals surface area contributed by atoms with Crippen molar-refractivity contribution in [3.63, 3.8) is 0 Å². The van der Waals surface area contributed by atoms with E-state index in [-0.39, 0.29) is 11.6 Å². The predicted molar refractivity (Wildman–Crippen MR) is 117 cm³/mol. The van der Waals surface area contributed by atoms with Crippen LogP contribution in [0, 0.1) is 0 Å². The zero-order valence-electron chi connectivity index (χ0n) is 16.7. The second-order valence-corrected chi connectivity index (χ2v) is 8.54. The van der Waals surface area contributed by atoms with Crippen molar-refractivity contribution in [3.8, 4) is 22.6 Å². The van der Waals surface area contributed by atoms with Crippen LogP contribution in [0.15, 0.2) is 77.8 Å². The normalized spacial score (nSPS) is 11.5. The van der Waals surface area contributed by atoms with E-state index in [2.05, 4.69) is 9.71 Å². The number of nitrogens with one attached hydrogen (secondary N) is 2. The van der Waals surface area contributed by atoms with Crippen molar-refractivity contribution in [3.05, 3.63) is 78.4 Å². The largest absolute Gasteiger partial charge is 0.497 e. The van der Waals surface area contributed by atoms with E-state index in [0.717, 1.165) is 33.3 Å². The van der Waals surface area contributed by atoms with Crippen molar-refractivity contribution >= 4 is 20.9 Å². The molecule has 0 bridgehead atoms. The summed E-state index contributed by atoms with van der Waals surface area (Å²) in [6.45, 7) is 0.192. The van der Waals surface area contributed by atoms with Gasteiger partial charge in [-0.25, -0.2) is 13.1 Å². The quantitative estimate of drug-likeness (QED) is 0.465. The van der Waals surface area contributed by atoms with Gasteiger partial charge in [-0.05, 0) is 35.4 Å². The molecule has 0 fully saturated rings. The summed E-state index contributed by atoms with van der Waals surface area (Å²) in [5.41, 5.74) is 3.54. The highest BCUT2D eigenvalue weighted by molar-refractivity contribution is 7.89. The molecule has 154 valence electrons. The SMILES string of the molecule is COc1ccc(-c2ccc(CNS(=O)(=O)c3cc4ccccc4[nH]3)cc2)c(OC)c1. The standard InChI is InChI=1S/C23H22N2O4S/c1-28-19-11-12-20(22(14-19)29-2)17-9-7-16(8-10-17)15-24-30(26,27)23-13-18-5-3-4-6-21(18)25-23/h3-14,24-25H,15H2,1-2H3. The zero-order chi connectivity index (χ0) is 21.1. The highest BCUT2D eigenvalue weighted by Crippen LogP contribution is 2.33. The molecular weight excluding hydrogens is 400 g/mol. The van der Waals surface area contributed by atoms with E-state index < -0.39 is 10.0 Å². The number of rotatable bonds is 7. The van der Waals surface area contributed by atoms with Gasteiger partial charge in [0.15, 0.2) is 0 Å². The number of hydrogen-bond acceptors (Lipinski definition) is 4. The summed E-state index contributed by atoms with van der Waals surface area (Å²) in [6.07, 6.45) is 0. The number of para-hydroxylation sites is 1. The second kappa shape index (κ2) is 8.22. The van der Waals surface area contributed by atoms with Gasteiger partial charge in [0.1, 0.15) is 16.5 Å². The van der Waals surface area contributed by atoms with Crippen LogP contribution in [0.2, 0.25) is 0 Å². The summed E-state index contributed by atoms with van der Waals surface area (Å²) in [4.78, 5) is 2.95. The van der Waals surface area contributed by atoms with Gasteiger partial charge in [0.05, 0.1) is 14.2 Å².